The standard InChI is InChI=1S/C15H22N2O2S/c1-10-13(5-4-8-20-10)17-12-6-7-14(16-11(2)18)15(9-12)19-3/h6-7,9-10,13,17H,4-5,8H2,1-3H3,(H,16,18). The molecule has 4 nitrogen and oxygen atoms in total. The molecule has 110 valence electrons. The van der Waals surface area contributed by atoms with Gasteiger partial charge in [-0.1, -0.05) is 6.92 Å². The fourth-order valence-electron chi connectivity index (χ4n) is 2.40. The van der Waals surface area contributed by atoms with E-state index in [1.807, 2.05) is 30.0 Å². The Kier molecular flexibility index (Phi) is 5.17. The van der Waals surface area contributed by atoms with Crippen LogP contribution in [0.15, 0.2) is 18.2 Å². The number of ether oxygens (including phenoxy) is 1. The molecule has 1 aromatic carbocycles. The van der Waals surface area contributed by atoms with Crippen molar-refractivity contribution >= 4 is 29.0 Å². The first-order valence-electron chi connectivity index (χ1n) is 6.94. The Bertz CT molecular complexity index is 479. The molecule has 0 bridgehead atoms. The molecular weight excluding hydrogens is 272 g/mol. The average molecular weight is 294 g/mol. The van der Waals surface area contributed by atoms with Gasteiger partial charge in [-0.05, 0) is 30.7 Å². The van der Waals surface area contributed by atoms with Crippen molar-refractivity contribution in [2.75, 3.05) is 23.5 Å². The number of rotatable bonds is 4. The summed E-state index contributed by atoms with van der Waals surface area (Å²) in [5.74, 6) is 1.84. The Balaban J connectivity index is 2.10. The van der Waals surface area contributed by atoms with Crippen LogP contribution in [-0.2, 0) is 4.79 Å². The number of nitrogens with one attached hydrogen (secondary N) is 2. The average Bonchev–Trinajstić information content (AvgIpc) is 2.42. The van der Waals surface area contributed by atoms with E-state index in [1.165, 1.54) is 25.5 Å². The van der Waals surface area contributed by atoms with Crippen LogP contribution in [-0.4, -0.2) is 30.1 Å². The molecule has 0 spiro atoms. The highest BCUT2D eigenvalue weighted by atomic mass is 32.2. The first-order valence-corrected chi connectivity index (χ1v) is 7.99. The van der Waals surface area contributed by atoms with Gasteiger partial charge in [0, 0.05) is 30.0 Å². The molecule has 2 rings (SSSR count). The van der Waals surface area contributed by atoms with Gasteiger partial charge in [0.15, 0.2) is 0 Å². The number of benzene rings is 1. The zero-order valence-corrected chi connectivity index (χ0v) is 13.0. The largest absolute Gasteiger partial charge is 0.494 e. The van der Waals surface area contributed by atoms with Crippen molar-refractivity contribution in [3.05, 3.63) is 18.2 Å². The van der Waals surface area contributed by atoms with Crippen LogP contribution in [0, 0.1) is 0 Å². The third-order valence-corrected chi connectivity index (χ3v) is 4.85. The zero-order chi connectivity index (χ0) is 14.5. The van der Waals surface area contributed by atoms with Gasteiger partial charge in [0.2, 0.25) is 5.91 Å². The molecule has 1 aliphatic rings. The SMILES string of the molecule is COc1cc(NC2CCCSC2C)ccc1NC(C)=O. The summed E-state index contributed by atoms with van der Waals surface area (Å²) < 4.78 is 5.34. The summed E-state index contributed by atoms with van der Waals surface area (Å²) in [5.41, 5.74) is 1.74. The van der Waals surface area contributed by atoms with E-state index in [-0.39, 0.29) is 5.91 Å². The van der Waals surface area contributed by atoms with E-state index in [0.29, 0.717) is 22.7 Å². The van der Waals surface area contributed by atoms with E-state index in [2.05, 4.69) is 17.6 Å². The number of carbonyl (C=O) groups excluding carboxylic acids is 1. The maximum absolute atomic E-state index is 11.1. The summed E-state index contributed by atoms with van der Waals surface area (Å²) in [6.07, 6.45) is 2.46. The predicted molar refractivity (Wildman–Crippen MR) is 85.9 cm³/mol. The second-order valence-electron chi connectivity index (χ2n) is 5.07. The molecule has 1 amide bonds. The third kappa shape index (κ3) is 3.82. The van der Waals surface area contributed by atoms with Crippen molar-refractivity contribution in [1.29, 1.82) is 0 Å². The molecule has 1 fully saturated rings. The van der Waals surface area contributed by atoms with E-state index < -0.39 is 0 Å². The lowest BCUT2D eigenvalue weighted by atomic mass is 10.1. The second-order valence-corrected chi connectivity index (χ2v) is 6.55. The lowest BCUT2D eigenvalue weighted by Gasteiger charge is -2.30. The number of methoxy groups -OCH3 is 1. The van der Waals surface area contributed by atoms with E-state index in [9.17, 15) is 4.79 Å². The van der Waals surface area contributed by atoms with Crippen LogP contribution in [0.2, 0.25) is 0 Å². The molecule has 0 radical (unpaired) electrons. The van der Waals surface area contributed by atoms with E-state index in [1.54, 1.807) is 7.11 Å². The lowest BCUT2D eigenvalue weighted by molar-refractivity contribution is -0.114. The minimum atomic E-state index is -0.0960. The van der Waals surface area contributed by atoms with Crippen molar-refractivity contribution in [2.24, 2.45) is 0 Å². The summed E-state index contributed by atoms with van der Waals surface area (Å²) >= 11 is 2.02. The Labute approximate surface area is 124 Å². The highest BCUT2D eigenvalue weighted by molar-refractivity contribution is 8.00. The minimum Gasteiger partial charge on any atom is -0.494 e. The van der Waals surface area contributed by atoms with Crippen molar-refractivity contribution in [3.8, 4) is 5.75 Å². The van der Waals surface area contributed by atoms with Crippen molar-refractivity contribution in [1.82, 2.24) is 0 Å². The molecule has 2 unspecified atom stereocenters. The van der Waals surface area contributed by atoms with Crippen LogP contribution in [0.4, 0.5) is 11.4 Å². The van der Waals surface area contributed by atoms with Gasteiger partial charge < -0.3 is 15.4 Å². The van der Waals surface area contributed by atoms with Crippen molar-refractivity contribution in [3.63, 3.8) is 0 Å². The van der Waals surface area contributed by atoms with Crippen LogP contribution < -0.4 is 15.4 Å². The first-order chi connectivity index (χ1) is 9.60. The molecule has 0 aromatic heterocycles. The summed E-state index contributed by atoms with van der Waals surface area (Å²) in [5, 5.41) is 6.96. The van der Waals surface area contributed by atoms with Gasteiger partial charge in [0.1, 0.15) is 5.75 Å². The van der Waals surface area contributed by atoms with Gasteiger partial charge in [0.25, 0.3) is 0 Å². The molecule has 0 aliphatic carbocycles. The summed E-state index contributed by atoms with van der Waals surface area (Å²) in [6.45, 7) is 3.76. The molecule has 2 atom stereocenters. The molecular formula is C15H22N2O2S. The molecule has 1 heterocycles. The molecule has 20 heavy (non-hydrogen) atoms. The maximum Gasteiger partial charge on any atom is 0.221 e. The molecule has 1 saturated heterocycles. The first kappa shape index (κ1) is 15.0. The number of carbonyl (C=O) groups is 1. The molecule has 0 saturated carbocycles. The van der Waals surface area contributed by atoms with Gasteiger partial charge >= 0.3 is 0 Å². The Morgan fingerprint density at radius 2 is 2.25 bits per heavy atom. The zero-order valence-electron chi connectivity index (χ0n) is 12.2. The fraction of sp³-hybridized carbons (Fsp3) is 0.533. The van der Waals surface area contributed by atoms with Crippen LogP contribution >= 0.6 is 11.8 Å². The normalized spacial score (nSPS) is 22.1. The topological polar surface area (TPSA) is 50.4 Å². The Hall–Kier alpha value is -1.36. The highest BCUT2D eigenvalue weighted by Crippen LogP contribution is 2.31. The number of hydrogen-bond acceptors (Lipinski definition) is 4. The monoisotopic (exact) mass is 294 g/mol. The van der Waals surface area contributed by atoms with Crippen LogP contribution in [0.25, 0.3) is 0 Å². The highest BCUT2D eigenvalue weighted by Gasteiger charge is 2.21. The Morgan fingerprint density at radius 3 is 2.90 bits per heavy atom. The summed E-state index contributed by atoms with van der Waals surface area (Å²) in [4.78, 5) is 11.1. The molecule has 2 N–H and O–H groups in total. The van der Waals surface area contributed by atoms with Gasteiger partial charge in [-0.15, -0.1) is 0 Å². The molecule has 1 aromatic rings. The van der Waals surface area contributed by atoms with E-state index >= 15 is 0 Å². The van der Waals surface area contributed by atoms with Gasteiger partial charge in [-0.25, -0.2) is 0 Å². The van der Waals surface area contributed by atoms with Crippen LogP contribution in [0.1, 0.15) is 26.7 Å². The second kappa shape index (κ2) is 6.88. The lowest BCUT2D eigenvalue weighted by Crippen LogP contribution is -2.32. The number of hydrogen-bond donors (Lipinski definition) is 2. The third-order valence-electron chi connectivity index (χ3n) is 3.47. The van der Waals surface area contributed by atoms with E-state index in [4.69, 9.17) is 4.74 Å². The molecule has 5 heteroatoms. The van der Waals surface area contributed by atoms with Crippen molar-refractivity contribution in [2.45, 2.75) is 38.0 Å². The van der Waals surface area contributed by atoms with Crippen LogP contribution in [0.5, 0.6) is 5.75 Å². The predicted octanol–water partition coefficient (Wildman–Crippen LogP) is 3.35. The maximum atomic E-state index is 11.1. The Morgan fingerprint density at radius 1 is 1.45 bits per heavy atom. The van der Waals surface area contributed by atoms with Gasteiger partial charge in [0.05, 0.1) is 12.8 Å². The van der Waals surface area contributed by atoms with Gasteiger partial charge in [-0.2, -0.15) is 11.8 Å². The van der Waals surface area contributed by atoms with Crippen molar-refractivity contribution < 1.29 is 9.53 Å². The quantitative estimate of drug-likeness (QED) is 0.894. The number of anilines is 2. The number of thioether (sulfide) groups is 1. The molecule has 1 aliphatic heterocycles. The minimum absolute atomic E-state index is 0.0960. The number of amides is 1. The van der Waals surface area contributed by atoms with Crippen LogP contribution in [0.3, 0.4) is 0 Å². The van der Waals surface area contributed by atoms with Gasteiger partial charge in [-0.3, -0.25) is 4.79 Å². The smallest absolute Gasteiger partial charge is 0.221 e. The van der Waals surface area contributed by atoms with E-state index in [0.717, 1.165) is 5.69 Å². The summed E-state index contributed by atoms with van der Waals surface area (Å²) in [6, 6.07) is 6.30. The fourth-order valence-corrected chi connectivity index (χ4v) is 3.54. The summed E-state index contributed by atoms with van der Waals surface area (Å²) in [7, 11) is 1.61.